The molecule has 0 aromatic rings. The number of aliphatic carboxylic acids is 1. The van der Waals surface area contributed by atoms with Gasteiger partial charge in [-0.2, -0.15) is 0 Å². The average Bonchev–Trinajstić information content (AvgIpc) is 1.96. The van der Waals surface area contributed by atoms with Gasteiger partial charge in [0.25, 0.3) is 0 Å². The normalized spacial score (nSPS) is 16.6. The van der Waals surface area contributed by atoms with Crippen molar-refractivity contribution < 1.29 is 14.3 Å². The Morgan fingerprint density at radius 3 is 1.88 bits per heavy atom. The van der Waals surface area contributed by atoms with Crippen molar-refractivity contribution in [2.45, 2.75) is 70.7 Å². The Bertz CT molecular complexity index is 253. The van der Waals surface area contributed by atoms with Crippen LogP contribution in [0.1, 0.15) is 19.8 Å². The average molecular weight is 277 g/mol. The molecule has 0 spiro atoms. The van der Waals surface area contributed by atoms with Gasteiger partial charge in [0.05, 0.1) is 19.7 Å². The van der Waals surface area contributed by atoms with Crippen LogP contribution in [0.3, 0.4) is 0 Å². The molecule has 0 aliphatic heterocycles. The lowest BCUT2D eigenvalue weighted by atomic mass is 10.1. The maximum absolute atomic E-state index is 11.5. The van der Waals surface area contributed by atoms with E-state index in [1.54, 1.807) is 0 Å². The van der Waals surface area contributed by atoms with E-state index >= 15 is 0 Å². The molecule has 0 aliphatic rings. The molecule has 2 unspecified atom stereocenters. The predicted molar refractivity (Wildman–Crippen MR) is 77.9 cm³/mol. The Morgan fingerprint density at radius 2 is 1.65 bits per heavy atom. The van der Waals surface area contributed by atoms with Gasteiger partial charge in [0.2, 0.25) is 0 Å². The third-order valence-corrected chi connectivity index (χ3v) is 6.14. The Hall–Kier alpha value is -0.136. The summed E-state index contributed by atoms with van der Waals surface area (Å²) in [4.78, 5) is 11.5. The fourth-order valence-electron chi connectivity index (χ4n) is 2.12. The van der Waals surface area contributed by atoms with Crippen LogP contribution in [0, 0.1) is 0 Å². The summed E-state index contributed by atoms with van der Waals surface area (Å²) in [5, 5.41) is 9.47. The molecule has 0 aromatic heterocycles. The Labute approximate surface area is 108 Å². The van der Waals surface area contributed by atoms with Crippen LogP contribution in [0.15, 0.2) is 0 Å². The van der Waals surface area contributed by atoms with Gasteiger partial charge in [0, 0.05) is 0 Å². The highest BCUT2D eigenvalue weighted by Crippen LogP contribution is 2.32. The van der Waals surface area contributed by atoms with E-state index in [9.17, 15) is 9.90 Å². The van der Waals surface area contributed by atoms with E-state index in [1.807, 2.05) is 0 Å². The van der Waals surface area contributed by atoms with Crippen LogP contribution in [-0.4, -0.2) is 33.6 Å². The summed E-state index contributed by atoms with van der Waals surface area (Å²) in [5.74, 6) is -0.680. The van der Waals surface area contributed by atoms with Crippen molar-refractivity contribution in [2.24, 2.45) is 0 Å². The fraction of sp³-hybridized carbons (Fsp3) is 0.917. The molecule has 0 rings (SSSR count). The topological polar surface area (TPSA) is 46.5 Å². The van der Waals surface area contributed by atoms with Gasteiger partial charge in [-0.05, 0) is 26.1 Å². The first-order chi connectivity index (χ1) is 7.49. The Morgan fingerprint density at radius 1 is 1.18 bits per heavy atom. The monoisotopic (exact) mass is 276 g/mol. The molecule has 0 bridgehead atoms. The van der Waals surface area contributed by atoms with E-state index in [0.717, 1.165) is 12.8 Å². The van der Waals surface area contributed by atoms with Crippen LogP contribution < -0.4 is 0 Å². The second-order valence-corrected chi connectivity index (χ2v) is 16.6. The molecule has 0 saturated heterocycles. The molecule has 3 nitrogen and oxygen atoms in total. The van der Waals surface area contributed by atoms with Gasteiger partial charge in [-0.25, -0.2) is 0 Å². The van der Waals surface area contributed by atoms with Gasteiger partial charge in [-0.1, -0.05) is 33.0 Å². The van der Waals surface area contributed by atoms with Crippen molar-refractivity contribution in [3.05, 3.63) is 0 Å². The quantitative estimate of drug-likeness (QED) is 0.719. The lowest BCUT2D eigenvalue weighted by molar-refractivity contribution is -0.139. The highest BCUT2D eigenvalue weighted by Gasteiger charge is 2.41. The minimum absolute atomic E-state index is 0.101. The molecule has 0 fully saturated rings. The SMILES string of the molecule is CCCC(O[Si](C)(C)C)C(C(=O)O)[Si](C)(C)C. The van der Waals surface area contributed by atoms with E-state index in [-0.39, 0.29) is 11.6 Å². The molecule has 0 aliphatic carbocycles. The van der Waals surface area contributed by atoms with Gasteiger partial charge in [-0.3, -0.25) is 4.79 Å². The second kappa shape index (κ2) is 6.15. The van der Waals surface area contributed by atoms with Crippen molar-refractivity contribution in [3.8, 4) is 0 Å². The van der Waals surface area contributed by atoms with Crippen molar-refractivity contribution in [1.82, 2.24) is 0 Å². The number of hydrogen-bond donors (Lipinski definition) is 1. The number of carbonyl (C=O) groups is 1. The summed E-state index contributed by atoms with van der Waals surface area (Å²) in [6.45, 7) is 14.8. The summed E-state index contributed by atoms with van der Waals surface area (Å²) in [7, 11) is -3.44. The molecular weight excluding hydrogens is 248 g/mol. The molecule has 2 atom stereocenters. The van der Waals surface area contributed by atoms with Crippen LogP contribution in [-0.2, 0) is 9.22 Å². The second-order valence-electron chi connectivity index (χ2n) is 6.74. The zero-order valence-corrected chi connectivity index (χ0v) is 14.3. The van der Waals surface area contributed by atoms with Crippen LogP contribution in [0.4, 0.5) is 0 Å². The first kappa shape index (κ1) is 16.9. The van der Waals surface area contributed by atoms with Crippen molar-refractivity contribution in [3.63, 3.8) is 0 Å². The van der Waals surface area contributed by atoms with E-state index in [0.29, 0.717) is 0 Å². The molecule has 102 valence electrons. The van der Waals surface area contributed by atoms with E-state index in [4.69, 9.17) is 4.43 Å². The molecule has 0 amide bonds. The van der Waals surface area contributed by atoms with Gasteiger partial charge in [0.1, 0.15) is 0 Å². The molecule has 0 saturated carbocycles. The summed E-state index contributed by atoms with van der Waals surface area (Å²) in [6, 6.07) is 0. The summed E-state index contributed by atoms with van der Waals surface area (Å²) in [5.41, 5.74) is -0.297. The Balaban J connectivity index is 5.04. The first-order valence-corrected chi connectivity index (χ1v) is 13.4. The van der Waals surface area contributed by atoms with Gasteiger partial charge >= 0.3 is 5.97 Å². The van der Waals surface area contributed by atoms with Crippen LogP contribution in [0.5, 0.6) is 0 Å². The number of carboxylic acid groups (broad SMARTS) is 1. The maximum Gasteiger partial charge on any atom is 0.306 e. The predicted octanol–water partition coefficient (Wildman–Crippen LogP) is 3.80. The zero-order valence-electron chi connectivity index (χ0n) is 12.3. The molecule has 1 N–H and O–H groups in total. The van der Waals surface area contributed by atoms with E-state index in [1.165, 1.54) is 0 Å². The summed E-state index contributed by atoms with van der Waals surface area (Å²) < 4.78 is 6.12. The molecule has 0 aromatic carbocycles. The number of carboxylic acids is 1. The largest absolute Gasteiger partial charge is 0.481 e. The molecule has 17 heavy (non-hydrogen) atoms. The van der Waals surface area contributed by atoms with Crippen molar-refractivity contribution >= 4 is 22.4 Å². The molecule has 0 radical (unpaired) electrons. The minimum atomic E-state index is -1.75. The highest BCUT2D eigenvalue weighted by atomic mass is 28.4. The van der Waals surface area contributed by atoms with Gasteiger partial charge in [-0.15, -0.1) is 0 Å². The standard InChI is InChI=1S/C12H28O3Si2/c1-8-9-10(15-17(5,6)7)11(12(13)14)16(2,3)4/h10-11H,8-9H2,1-7H3,(H,13,14). The van der Waals surface area contributed by atoms with Gasteiger partial charge < -0.3 is 9.53 Å². The summed E-state index contributed by atoms with van der Waals surface area (Å²) >= 11 is 0. The van der Waals surface area contributed by atoms with Crippen LogP contribution in [0.2, 0.25) is 44.8 Å². The van der Waals surface area contributed by atoms with Crippen molar-refractivity contribution in [2.75, 3.05) is 0 Å². The van der Waals surface area contributed by atoms with Crippen molar-refractivity contribution in [1.29, 1.82) is 0 Å². The zero-order chi connectivity index (χ0) is 13.9. The number of rotatable bonds is 7. The lowest BCUT2D eigenvalue weighted by Gasteiger charge is -2.36. The third-order valence-electron chi connectivity index (χ3n) is 2.65. The molecule has 0 heterocycles. The maximum atomic E-state index is 11.5. The van der Waals surface area contributed by atoms with E-state index < -0.39 is 22.4 Å². The first-order valence-electron chi connectivity index (χ1n) is 6.39. The molecule has 5 heteroatoms. The summed E-state index contributed by atoms with van der Waals surface area (Å²) in [6.07, 6.45) is 1.73. The number of hydrogen-bond acceptors (Lipinski definition) is 2. The van der Waals surface area contributed by atoms with Gasteiger partial charge in [0.15, 0.2) is 8.32 Å². The highest BCUT2D eigenvalue weighted by molar-refractivity contribution is 6.80. The third kappa shape index (κ3) is 6.38. The lowest BCUT2D eigenvalue weighted by Crippen LogP contribution is -2.46. The minimum Gasteiger partial charge on any atom is -0.481 e. The fourth-order valence-corrected chi connectivity index (χ4v) is 5.51. The van der Waals surface area contributed by atoms with Crippen LogP contribution >= 0.6 is 0 Å². The molecular formula is C12H28O3Si2. The van der Waals surface area contributed by atoms with E-state index in [2.05, 4.69) is 46.2 Å². The smallest absolute Gasteiger partial charge is 0.306 e. The van der Waals surface area contributed by atoms with Crippen LogP contribution in [0.25, 0.3) is 0 Å². The Kier molecular flexibility index (Phi) is 6.11.